The summed E-state index contributed by atoms with van der Waals surface area (Å²) in [7, 11) is 0. The number of piperidine rings is 1. The number of likely N-dealkylation sites (tertiary alicyclic amines) is 1. The molecule has 0 radical (unpaired) electrons. The second-order valence-electron chi connectivity index (χ2n) is 7.70. The number of alkyl halides is 2. The van der Waals surface area contributed by atoms with Crippen molar-refractivity contribution in [3.05, 3.63) is 36.5 Å². The first-order chi connectivity index (χ1) is 15.8. The van der Waals surface area contributed by atoms with Crippen molar-refractivity contribution in [1.29, 1.82) is 0 Å². The van der Waals surface area contributed by atoms with E-state index < -0.39 is 12.4 Å². The van der Waals surface area contributed by atoms with Gasteiger partial charge < -0.3 is 19.1 Å². The number of nitrogens with zero attached hydrogens (tertiary/aromatic N) is 5. The lowest BCUT2D eigenvalue weighted by molar-refractivity contribution is -0.0500. The molecule has 3 aromatic rings. The van der Waals surface area contributed by atoms with E-state index in [9.17, 15) is 18.0 Å². The highest BCUT2D eigenvalue weighted by Gasteiger charge is 2.26. The highest BCUT2D eigenvalue weighted by atomic mass is 19.3. The molecule has 176 valence electrons. The Bertz CT molecular complexity index is 1130. The van der Waals surface area contributed by atoms with E-state index in [0.29, 0.717) is 37.0 Å². The maximum absolute atomic E-state index is 14.5. The molecule has 0 N–H and O–H groups in total. The van der Waals surface area contributed by atoms with E-state index in [1.165, 1.54) is 29.3 Å². The largest absolute Gasteiger partial charge is 0.474 e. The number of carbonyl (C=O) groups excluding carboxylic acids is 1. The van der Waals surface area contributed by atoms with Crippen LogP contribution in [0.15, 0.2) is 30.7 Å². The summed E-state index contributed by atoms with van der Waals surface area (Å²) in [6, 6.07) is 3.34. The smallest absolute Gasteiger partial charge is 0.410 e. The van der Waals surface area contributed by atoms with E-state index in [-0.39, 0.29) is 35.6 Å². The molecule has 0 aliphatic carbocycles. The van der Waals surface area contributed by atoms with Crippen molar-refractivity contribution < 1.29 is 32.2 Å². The lowest BCUT2D eigenvalue weighted by Crippen LogP contribution is -2.42. The van der Waals surface area contributed by atoms with Crippen molar-refractivity contribution in [2.45, 2.75) is 45.5 Å². The molecule has 1 aliphatic rings. The lowest BCUT2D eigenvalue weighted by atomic mass is 10.1. The maximum atomic E-state index is 14.5. The number of rotatable bonds is 6. The van der Waals surface area contributed by atoms with Crippen molar-refractivity contribution >= 4 is 17.1 Å². The molecule has 3 heterocycles. The fourth-order valence-electron chi connectivity index (χ4n) is 3.52. The zero-order chi connectivity index (χ0) is 23.5. The number of halogens is 3. The van der Waals surface area contributed by atoms with Gasteiger partial charge in [-0.3, -0.25) is 0 Å². The molecule has 1 saturated heterocycles. The van der Waals surface area contributed by atoms with Crippen molar-refractivity contribution in [3.63, 3.8) is 0 Å². The Balaban J connectivity index is 1.49. The molecule has 1 aromatic carbocycles. The number of benzene rings is 1. The molecular weight excluding hydrogens is 443 g/mol. The van der Waals surface area contributed by atoms with Gasteiger partial charge >= 0.3 is 12.7 Å². The van der Waals surface area contributed by atoms with Gasteiger partial charge in [0.25, 0.3) is 0 Å². The fourth-order valence-corrected chi connectivity index (χ4v) is 3.52. The van der Waals surface area contributed by atoms with Crippen LogP contribution in [0.3, 0.4) is 0 Å². The van der Waals surface area contributed by atoms with Crippen LogP contribution < -0.4 is 9.47 Å². The number of hydrogen-bond acceptors (Lipinski definition) is 7. The Morgan fingerprint density at radius 1 is 1.18 bits per heavy atom. The van der Waals surface area contributed by atoms with Gasteiger partial charge in [0, 0.05) is 32.0 Å². The summed E-state index contributed by atoms with van der Waals surface area (Å²) in [6.07, 6.45) is 3.19. The summed E-state index contributed by atoms with van der Waals surface area (Å²) in [5, 5.41) is 4.63. The Kier molecular flexibility index (Phi) is 6.52. The normalized spacial score (nSPS) is 14.8. The molecule has 2 aromatic heterocycles. The van der Waals surface area contributed by atoms with Crippen molar-refractivity contribution in [3.8, 4) is 17.3 Å². The van der Waals surface area contributed by atoms with E-state index in [0.717, 1.165) is 6.07 Å². The van der Waals surface area contributed by atoms with E-state index in [1.54, 1.807) is 18.7 Å². The van der Waals surface area contributed by atoms with Gasteiger partial charge in [-0.05, 0) is 26.0 Å². The van der Waals surface area contributed by atoms with Crippen molar-refractivity contribution in [2.24, 2.45) is 0 Å². The molecule has 0 saturated carbocycles. The van der Waals surface area contributed by atoms with Crippen LogP contribution in [0.2, 0.25) is 0 Å². The highest BCUT2D eigenvalue weighted by molar-refractivity contribution is 5.81. The van der Waals surface area contributed by atoms with Gasteiger partial charge in [-0.2, -0.15) is 13.9 Å². The summed E-state index contributed by atoms with van der Waals surface area (Å²) in [4.78, 5) is 22.0. The predicted octanol–water partition coefficient (Wildman–Crippen LogP) is 3.94. The average molecular weight is 465 g/mol. The Morgan fingerprint density at radius 2 is 1.94 bits per heavy atom. The van der Waals surface area contributed by atoms with Gasteiger partial charge in [0.2, 0.25) is 5.88 Å². The highest BCUT2D eigenvalue weighted by Crippen LogP contribution is 2.28. The second-order valence-corrected chi connectivity index (χ2v) is 7.70. The van der Waals surface area contributed by atoms with Crippen molar-refractivity contribution in [1.82, 2.24) is 24.6 Å². The molecular formula is C21H22F3N5O4. The average Bonchev–Trinajstić information content (AvgIpc) is 3.18. The van der Waals surface area contributed by atoms with Crippen LogP contribution in [0, 0.1) is 5.82 Å². The first-order valence-corrected chi connectivity index (χ1v) is 10.4. The van der Waals surface area contributed by atoms with Crippen LogP contribution in [0.1, 0.15) is 26.7 Å². The van der Waals surface area contributed by atoms with E-state index >= 15 is 0 Å². The SMILES string of the molecule is CC(C)OC(=O)N1CCC(Oc2ncnc3c2cnn3-c2ccc(OC(F)F)cc2F)CC1. The van der Waals surface area contributed by atoms with Crippen LogP contribution in [-0.2, 0) is 4.74 Å². The molecule has 0 spiro atoms. The molecule has 12 heteroatoms. The van der Waals surface area contributed by atoms with E-state index in [1.807, 2.05) is 0 Å². The second kappa shape index (κ2) is 9.51. The molecule has 1 fully saturated rings. The summed E-state index contributed by atoms with van der Waals surface area (Å²) in [5.41, 5.74) is 0.299. The Morgan fingerprint density at radius 3 is 2.61 bits per heavy atom. The lowest BCUT2D eigenvalue weighted by Gasteiger charge is -2.31. The zero-order valence-electron chi connectivity index (χ0n) is 18.0. The number of hydrogen-bond donors (Lipinski definition) is 0. The number of amides is 1. The predicted molar refractivity (Wildman–Crippen MR) is 110 cm³/mol. The van der Waals surface area contributed by atoms with E-state index in [4.69, 9.17) is 9.47 Å². The third kappa shape index (κ3) is 5.10. The minimum atomic E-state index is -3.05. The van der Waals surface area contributed by atoms with Crippen molar-refractivity contribution in [2.75, 3.05) is 13.1 Å². The molecule has 0 unspecified atom stereocenters. The van der Waals surface area contributed by atoms with E-state index in [2.05, 4.69) is 19.8 Å². The maximum Gasteiger partial charge on any atom is 0.410 e. The van der Waals surface area contributed by atoms with Crippen LogP contribution in [0.4, 0.5) is 18.0 Å². The number of carbonyl (C=O) groups is 1. The molecule has 9 nitrogen and oxygen atoms in total. The summed E-state index contributed by atoms with van der Waals surface area (Å²) in [5.74, 6) is -0.822. The van der Waals surface area contributed by atoms with Crippen LogP contribution in [0.5, 0.6) is 11.6 Å². The van der Waals surface area contributed by atoms with Crippen LogP contribution in [0.25, 0.3) is 16.7 Å². The quantitative estimate of drug-likeness (QED) is 0.545. The number of ether oxygens (including phenoxy) is 3. The molecule has 1 aliphatic heterocycles. The Labute approximate surface area is 187 Å². The number of aromatic nitrogens is 4. The third-order valence-electron chi connectivity index (χ3n) is 5.02. The standard InChI is InChI=1S/C21H22F3N5O4/c1-12(2)31-21(30)28-7-5-13(6-8-28)32-19-15-10-27-29(18(15)25-11-26-19)17-4-3-14(9-16(17)22)33-20(23)24/h3-4,9-13,20H,5-8H2,1-2H3. The van der Waals surface area contributed by atoms with Gasteiger partial charge in [0.05, 0.1) is 12.3 Å². The summed E-state index contributed by atoms with van der Waals surface area (Å²) < 4.78 is 56.0. The number of fused-ring (bicyclic) bond motifs is 1. The topological polar surface area (TPSA) is 91.6 Å². The van der Waals surface area contributed by atoms with Gasteiger partial charge in [-0.1, -0.05) is 0 Å². The molecule has 4 rings (SSSR count). The fraction of sp³-hybridized carbons (Fsp3) is 0.429. The molecule has 0 atom stereocenters. The minimum absolute atomic E-state index is 0.00763. The molecule has 33 heavy (non-hydrogen) atoms. The van der Waals surface area contributed by atoms with Gasteiger partial charge in [-0.25, -0.2) is 23.8 Å². The Hall–Kier alpha value is -3.57. The molecule has 0 bridgehead atoms. The first-order valence-electron chi connectivity index (χ1n) is 10.4. The monoisotopic (exact) mass is 465 g/mol. The summed E-state index contributed by atoms with van der Waals surface area (Å²) >= 11 is 0. The minimum Gasteiger partial charge on any atom is -0.474 e. The van der Waals surface area contributed by atoms with Crippen LogP contribution in [-0.4, -0.2) is 62.7 Å². The summed E-state index contributed by atoms with van der Waals surface area (Å²) in [6.45, 7) is 1.52. The van der Waals surface area contributed by atoms with Gasteiger partial charge in [-0.15, -0.1) is 0 Å². The van der Waals surface area contributed by atoms with Crippen LogP contribution >= 0.6 is 0 Å². The van der Waals surface area contributed by atoms with Gasteiger partial charge in [0.1, 0.15) is 29.3 Å². The van der Waals surface area contributed by atoms with Gasteiger partial charge in [0.15, 0.2) is 11.5 Å². The first kappa shape index (κ1) is 22.6. The zero-order valence-corrected chi connectivity index (χ0v) is 18.0. The third-order valence-corrected chi connectivity index (χ3v) is 5.02. The molecule has 1 amide bonds.